The molecule has 28 heavy (non-hydrogen) atoms. The lowest BCUT2D eigenvalue weighted by atomic mass is 9.95. The van der Waals surface area contributed by atoms with Crippen LogP contribution in [0.3, 0.4) is 0 Å². The zero-order valence-electron chi connectivity index (χ0n) is 16.0. The van der Waals surface area contributed by atoms with E-state index in [1.165, 1.54) is 23.6 Å². The van der Waals surface area contributed by atoms with Gasteiger partial charge in [0.15, 0.2) is 0 Å². The summed E-state index contributed by atoms with van der Waals surface area (Å²) in [6, 6.07) is 15.7. The lowest BCUT2D eigenvalue weighted by molar-refractivity contribution is -0.120. The molecule has 0 radical (unpaired) electrons. The highest BCUT2D eigenvalue weighted by Crippen LogP contribution is 2.44. The Hall–Kier alpha value is -2.34. The lowest BCUT2D eigenvalue weighted by Gasteiger charge is -2.27. The van der Waals surface area contributed by atoms with Crippen molar-refractivity contribution in [3.63, 3.8) is 0 Å². The summed E-state index contributed by atoms with van der Waals surface area (Å²) in [7, 11) is -3.84. The minimum absolute atomic E-state index is 0.186. The second-order valence-electron chi connectivity index (χ2n) is 8.01. The van der Waals surface area contributed by atoms with Crippen molar-refractivity contribution in [1.29, 1.82) is 0 Å². The predicted molar refractivity (Wildman–Crippen MR) is 110 cm³/mol. The van der Waals surface area contributed by atoms with Gasteiger partial charge in [-0.15, -0.1) is 0 Å². The molecule has 2 saturated carbocycles. The summed E-state index contributed by atoms with van der Waals surface area (Å²) >= 11 is 0. The molecule has 2 fully saturated rings. The van der Waals surface area contributed by atoms with E-state index in [0.29, 0.717) is 11.6 Å². The maximum Gasteiger partial charge on any atom is 0.264 e. The number of hydrogen-bond acceptors (Lipinski definition) is 3. The van der Waals surface area contributed by atoms with Crippen LogP contribution in [0.5, 0.6) is 0 Å². The standard InChI is InChI=1S/C22H26N2O3S/c1-16-7-11-20(12-8-16)28(26,27)24(19-5-3-2-4-6-19)15-22(25)23-21-14-17-9-10-18(21)13-17/h2-8,11-12,17-18,21H,9-10,13-15H2,1H3,(H,23,25)/t17-,18-,21-/m0/s1. The number of rotatable bonds is 6. The van der Waals surface area contributed by atoms with Gasteiger partial charge in [0.2, 0.25) is 5.91 Å². The van der Waals surface area contributed by atoms with Crippen LogP contribution in [-0.2, 0) is 14.8 Å². The molecule has 0 saturated heterocycles. The van der Waals surface area contributed by atoms with Crippen LogP contribution in [-0.4, -0.2) is 26.9 Å². The summed E-state index contributed by atoms with van der Waals surface area (Å²) in [5, 5.41) is 3.10. The summed E-state index contributed by atoms with van der Waals surface area (Å²) in [4.78, 5) is 13.0. The number of aryl methyl sites for hydroxylation is 1. The van der Waals surface area contributed by atoms with Crippen LogP contribution in [0.2, 0.25) is 0 Å². The first-order chi connectivity index (χ1) is 13.4. The number of fused-ring (bicyclic) bond motifs is 2. The van der Waals surface area contributed by atoms with Gasteiger partial charge >= 0.3 is 0 Å². The van der Waals surface area contributed by atoms with Crippen LogP contribution >= 0.6 is 0 Å². The van der Waals surface area contributed by atoms with E-state index >= 15 is 0 Å². The molecule has 2 aliphatic carbocycles. The van der Waals surface area contributed by atoms with Gasteiger partial charge in [-0.3, -0.25) is 9.10 Å². The molecule has 0 aliphatic heterocycles. The summed E-state index contributed by atoms with van der Waals surface area (Å²) in [6.07, 6.45) is 4.64. The van der Waals surface area contributed by atoms with E-state index in [0.717, 1.165) is 17.9 Å². The number of amides is 1. The number of benzene rings is 2. The zero-order chi connectivity index (χ0) is 19.7. The second-order valence-corrected chi connectivity index (χ2v) is 9.87. The Morgan fingerprint density at radius 2 is 1.75 bits per heavy atom. The van der Waals surface area contributed by atoms with E-state index in [-0.39, 0.29) is 23.4 Å². The maximum absolute atomic E-state index is 13.3. The molecular weight excluding hydrogens is 372 g/mol. The highest BCUT2D eigenvalue weighted by molar-refractivity contribution is 7.92. The van der Waals surface area contributed by atoms with E-state index in [1.807, 2.05) is 13.0 Å². The molecule has 2 aromatic carbocycles. The van der Waals surface area contributed by atoms with Gasteiger partial charge in [-0.25, -0.2) is 8.42 Å². The molecule has 0 unspecified atom stereocenters. The molecular formula is C22H26N2O3S. The molecule has 0 spiro atoms. The molecule has 0 heterocycles. The van der Waals surface area contributed by atoms with Crippen molar-refractivity contribution < 1.29 is 13.2 Å². The molecule has 5 nitrogen and oxygen atoms in total. The van der Waals surface area contributed by atoms with E-state index in [9.17, 15) is 13.2 Å². The number of carbonyl (C=O) groups excluding carboxylic acids is 1. The highest BCUT2D eigenvalue weighted by Gasteiger charge is 2.40. The normalized spacial score (nSPS) is 23.5. The fourth-order valence-electron chi connectivity index (χ4n) is 4.55. The number of nitrogens with zero attached hydrogens (tertiary/aromatic N) is 1. The Morgan fingerprint density at radius 3 is 2.36 bits per heavy atom. The number of nitrogens with one attached hydrogen (secondary N) is 1. The first kappa shape index (κ1) is 19.0. The van der Waals surface area contributed by atoms with Crippen LogP contribution in [0.25, 0.3) is 0 Å². The van der Waals surface area contributed by atoms with Crippen LogP contribution in [0.1, 0.15) is 31.2 Å². The van der Waals surface area contributed by atoms with Crippen LogP contribution in [0.4, 0.5) is 5.69 Å². The largest absolute Gasteiger partial charge is 0.352 e. The van der Waals surface area contributed by atoms with Crippen molar-refractivity contribution in [2.45, 2.75) is 43.5 Å². The van der Waals surface area contributed by atoms with Crippen LogP contribution < -0.4 is 9.62 Å². The molecule has 0 aromatic heterocycles. The Morgan fingerprint density at radius 1 is 1.04 bits per heavy atom. The number of anilines is 1. The SMILES string of the molecule is Cc1ccc(S(=O)(=O)N(CC(=O)N[C@H]2C[C@H]3CC[C@H]2C3)c2ccccc2)cc1. The van der Waals surface area contributed by atoms with Gasteiger partial charge in [0.1, 0.15) is 6.54 Å². The topological polar surface area (TPSA) is 66.5 Å². The van der Waals surface area contributed by atoms with Crippen LogP contribution in [0.15, 0.2) is 59.5 Å². The number of sulfonamides is 1. The van der Waals surface area contributed by atoms with Gasteiger partial charge in [-0.1, -0.05) is 42.3 Å². The van der Waals surface area contributed by atoms with Crippen molar-refractivity contribution >= 4 is 21.6 Å². The lowest BCUT2D eigenvalue weighted by Crippen LogP contribution is -2.45. The number of carbonyl (C=O) groups is 1. The van der Waals surface area contributed by atoms with Gasteiger partial charge in [-0.05, 0) is 62.3 Å². The third kappa shape index (κ3) is 3.78. The average Bonchev–Trinajstić information content (AvgIpc) is 3.30. The van der Waals surface area contributed by atoms with Gasteiger partial charge < -0.3 is 5.32 Å². The number of para-hydroxylation sites is 1. The molecule has 1 N–H and O–H groups in total. The second kappa shape index (κ2) is 7.59. The third-order valence-electron chi connectivity index (χ3n) is 6.02. The fourth-order valence-corrected chi connectivity index (χ4v) is 5.97. The van der Waals surface area contributed by atoms with Crippen molar-refractivity contribution in [2.24, 2.45) is 11.8 Å². The first-order valence-electron chi connectivity index (χ1n) is 9.87. The van der Waals surface area contributed by atoms with E-state index in [1.54, 1.807) is 48.5 Å². The smallest absolute Gasteiger partial charge is 0.264 e. The fraction of sp³-hybridized carbons (Fsp3) is 0.409. The molecule has 4 rings (SSSR count). The Bertz CT molecular complexity index is 942. The van der Waals surface area contributed by atoms with Crippen molar-refractivity contribution in [3.05, 3.63) is 60.2 Å². The molecule has 2 aliphatic rings. The minimum atomic E-state index is -3.84. The summed E-state index contributed by atoms with van der Waals surface area (Å²) < 4.78 is 27.8. The monoisotopic (exact) mass is 398 g/mol. The summed E-state index contributed by atoms with van der Waals surface area (Å²) in [5.74, 6) is 1.03. The van der Waals surface area contributed by atoms with Crippen molar-refractivity contribution in [2.75, 3.05) is 10.8 Å². The van der Waals surface area contributed by atoms with Gasteiger partial charge in [0.25, 0.3) is 10.0 Å². The molecule has 1 amide bonds. The molecule has 2 aromatic rings. The summed E-state index contributed by atoms with van der Waals surface area (Å²) in [5.41, 5.74) is 1.48. The first-order valence-corrected chi connectivity index (χ1v) is 11.3. The Balaban J connectivity index is 1.57. The maximum atomic E-state index is 13.3. The third-order valence-corrected chi connectivity index (χ3v) is 7.81. The highest BCUT2D eigenvalue weighted by atomic mass is 32.2. The Kier molecular flexibility index (Phi) is 5.15. The Labute approximate surface area is 166 Å². The number of hydrogen-bond donors (Lipinski definition) is 1. The van der Waals surface area contributed by atoms with E-state index in [2.05, 4.69) is 5.32 Å². The molecule has 3 atom stereocenters. The zero-order valence-corrected chi connectivity index (χ0v) is 16.9. The molecule has 6 heteroatoms. The predicted octanol–water partition coefficient (Wildman–Crippen LogP) is 3.50. The van der Waals surface area contributed by atoms with Crippen molar-refractivity contribution in [3.8, 4) is 0 Å². The van der Waals surface area contributed by atoms with Gasteiger partial charge in [0, 0.05) is 6.04 Å². The molecule has 148 valence electrons. The molecule has 2 bridgehead atoms. The average molecular weight is 399 g/mol. The minimum Gasteiger partial charge on any atom is -0.352 e. The van der Waals surface area contributed by atoms with Crippen LogP contribution in [0, 0.1) is 18.8 Å². The van der Waals surface area contributed by atoms with E-state index in [4.69, 9.17) is 0 Å². The van der Waals surface area contributed by atoms with Gasteiger partial charge in [0.05, 0.1) is 10.6 Å². The van der Waals surface area contributed by atoms with E-state index < -0.39 is 10.0 Å². The quantitative estimate of drug-likeness (QED) is 0.810. The summed E-state index contributed by atoms with van der Waals surface area (Å²) in [6.45, 7) is 1.70. The van der Waals surface area contributed by atoms with Gasteiger partial charge in [-0.2, -0.15) is 0 Å². The van der Waals surface area contributed by atoms with Crippen molar-refractivity contribution in [1.82, 2.24) is 5.32 Å².